The number of rotatable bonds is 12. The van der Waals surface area contributed by atoms with E-state index in [1.807, 2.05) is 0 Å². The molecule has 7 heteroatoms. The Kier molecular flexibility index (Phi) is 12.7. The average Bonchev–Trinajstić information content (AvgIpc) is 2.64. The molecule has 2 rings (SSSR count). The number of ether oxygens (including phenoxy) is 1. The Balaban J connectivity index is 0.00000420. The summed E-state index contributed by atoms with van der Waals surface area (Å²) in [7, 11) is -4.28. The van der Waals surface area contributed by atoms with Crippen molar-refractivity contribution in [2.75, 3.05) is 0 Å². The average molecular weight is 445 g/mol. The molecule has 5 nitrogen and oxygen atoms in total. The molecular formula is C22H29KO5S. The van der Waals surface area contributed by atoms with Gasteiger partial charge in [-0.25, -0.2) is 0 Å². The molecule has 0 aliphatic carbocycles. The number of benzene rings is 2. The van der Waals surface area contributed by atoms with Crippen molar-refractivity contribution in [3.63, 3.8) is 0 Å². The molecule has 0 fully saturated rings. The minimum absolute atomic E-state index is 0. The zero-order chi connectivity index (χ0) is 20.4. The molecule has 0 amide bonds. The van der Waals surface area contributed by atoms with Crippen LogP contribution in [0.15, 0.2) is 47.4 Å². The van der Waals surface area contributed by atoms with Crippen molar-refractivity contribution in [3.8, 4) is 17.2 Å². The van der Waals surface area contributed by atoms with Crippen LogP contribution >= 0.6 is 0 Å². The third-order valence-electron chi connectivity index (χ3n) is 4.66. The Labute approximate surface area is 217 Å². The van der Waals surface area contributed by atoms with Crippen molar-refractivity contribution >= 4 is 10.1 Å². The fourth-order valence-corrected chi connectivity index (χ4v) is 3.66. The topological polar surface area (TPSA) is 86.7 Å². The summed E-state index contributed by atoms with van der Waals surface area (Å²) in [5.41, 5.74) is 0.706. The largest absolute Gasteiger partial charge is 1.00 e. The summed E-state index contributed by atoms with van der Waals surface area (Å²) in [6.07, 6.45) is 10.0. The Bertz CT molecular complexity index is 852. The summed E-state index contributed by atoms with van der Waals surface area (Å²) < 4.78 is 38.1. The molecule has 0 saturated carbocycles. The molecule has 2 aromatic carbocycles. The van der Waals surface area contributed by atoms with E-state index in [2.05, 4.69) is 6.92 Å². The fourth-order valence-electron chi connectivity index (χ4n) is 3.13. The number of unbranched alkanes of at least 4 members (excludes halogenated alkanes) is 7. The summed E-state index contributed by atoms with van der Waals surface area (Å²) in [5, 5.41) is 11.5. The summed E-state index contributed by atoms with van der Waals surface area (Å²) in [6.45, 7) is 2.20. The van der Waals surface area contributed by atoms with Gasteiger partial charge in [-0.1, -0.05) is 64.0 Å². The summed E-state index contributed by atoms with van der Waals surface area (Å²) in [5.74, 6) is 0.752. The van der Waals surface area contributed by atoms with Crippen LogP contribution in [0, 0.1) is 0 Å². The predicted octanol–water partition coefficient (Wildman–Crippen LogP) is 2.49. The van der Waals surface area contributed by atoms with E-state index in [4.69, 9.17) is 4.74 Å². The zero-order valence-corrected chi connectivity index (χ0v) is 21.3. The van der Waals surface area contributed by atoms with Gasteiger partial charge in [0.15, 0.2) is 0 Å². The fraction of sp³-hybridized carbons (Fsp3) is 0.455. The van der Waals surface area contributed by atoms with Gasteiger partial charge >= 0.3 is 51.4 Å². The van der Waals surface area contributed by atoms with Crippen molar-refractivity contribution in [2.45, 2.75) is 69.6 Å². The smallest absolute Gasteiger partial charge is 0.872 e. The van der Waals surface area contributed by atoms with Gasteiger partial charge in [-0.2, -0.15) is 8.42 Å². The van der Waals surface area contributed by atoms with Gasteiger partial charge in [0.2, 0.25) is 0 Å². The van der Waals surface area contributed by atoms with E-state index in [0.717, 1.165) is 19.3 Å². The Morgan fingerprint density at radius 1 is 0.931 bits per heavy atom. The van der Waals surface area contributed by atoms with Crippen LogP contribution in [0.3, 0.4) is 0 Å². The van der Waals surface area contributed by atoms with Gasteiger partial charge in [0.25, 0.3) is 10.1 Å². The molecule has 29 heavy (non-hydrogen) atoms. The predicted molar refractivity (Wildman–Crippen MR) is 109 cm³/mol. The van der Waals surface area contributed by atoms with E-state index < -0.39 is 10.1 Å². The summed E-state index contributed by atoms with van der Waals surface area (Å²) >= 11 is 0. The SMILES string of the molecule is CCCCCCCCCCc1cc(S(=O)(=O)O)ccc1Oc1cccc([O-])c1.[K+]. The first-order valence-electron chi connectivity index (χ1n) is 9.95. The molecule has 0 heterocycles. The normalized spacial score (nSPS) is 11.1. The molecule has 0 aromatic heterocycles. The van der Waals surface area contributed by atoms with Gasteiger partial charge in [0.05, 0.1) is 4.90 Å². The Morgan fingerprint density at radius 2 is 1.59 bits per heavy atom. The second-order valence-corrected chi connectivity index (χ2v) is 8.47. The second-order valence-electron chi connectivity index (χ2n) is 7.05. The summed E-state index contributed by atoms with van der Waals surface area (Å²) in [6, 6.07) is 10.4. The Morgan fingerprint density at radius 3 is 2.21 bits per heavy atom. The maximum atomic E-state index is 11.5. The molecule has 0 bridgehead atoms. The molecule has 0 aliphatic rings. The molecular weight excluding hydrogens is 415 g/mol. The van der Waals surface area contributed by atoms with Crippen LogP contribution in [0.1, 0.15) is 63.9 Å². The van der Waals surface area contributed by atoms with Gasteiger partial charge in [0, 0.05) is 0 Å². The van der Waals surface area contributed by atoms with Crippen LogP contribution in [0.25, 0.3) is 0 Å². The van der Waals surface area contributed by atoms with E-state index >= 15 is 0 Å². The molecule has 0 unspecified atom stereocenters. The van der Waals surface area contributed by atoms with Crippen LogP contribution in [-0.4, -0.2) is 13.0 Å². The van der Waals surface area contributed by atoms with E-state index in [-0.39, 0.29) is 62.0 Å². The third-order valence-corrected chi connectivity index (χ3v) is 5.51. The van der Waals surface area contributed by atoms with Crippen molar-refractivity contribution in [1.29, 1.82) is 0 Å². The molecule has 1 N–H and O–H groups in total. The van der Waals surface area contributed by atoms with Crippen molar-refractivity contribution in [3.05, 3.63) is 48.0 Å². The monoisotopic (exact) mass is 444 g/mol. The van der Waals surface area contributed by atoms with Gasteiger partial charge in [-0.05, 0) is 48.7 Å². The van der Waals surface area contributed by atoms with Crippen LogP contribution in [0.5, 0.6) is 17.2 Å². The van der Waals surface area contributed by atoms with Gasteiger partial charge in [-0.3, -0.25) is 4.55 Å². The van der Waals surface area contributed by atoms with E-state index in [1.54, 1.807) is 12.1 Å². The van der Waals surface area contributed by atoms with E-state index in [1.165, 1.54) is 62.4 Å². The quantitative estimate of drug-likeness (QED) is 0.309. The minimum atomic E-state index is -4.28. The first-order chi connectivity index (χ1) is 13.4. The standard InChI is InChI=1S/C22H30O5S.K/c1-2-3-4-5-6-7-8-9-11-18-16-21(28(24,25)26)14-15-22(18)27-20-13-10-12-19(23)17-20;/h10,12-17,23H,2-9,11H2,1H3,(H,24,25,26);/q;+1/p-1. The molecule has 0 aliphatic heterocycles. The molecule has 2 aromatic rings. The summed E-state index contributed by atoms with van der Waals surface area (Å²) in [4.78, 5) is -0.146. The maximum Gasteiger partial charge on any atom is 1.00 e. The van der Waals surface area contributed by atoms with Crippen LogP contribution in [0.2, 0.25) is 0 Å². The number of hydrogen-bond acceptors (Lipinski definition) is 4. The Hall–Kier alpha value is -0.414. The van der Waals surface area contributed by atoms with E-state index in [9.17, 15) is 18.1 Å². The molecule has 154 valence electrons. The van der Waals surface area contributed by atoms with Crippen LogP contribution in [-0.2, 0) is 16.5 Å². The number of aryl methyl sites for hydroxylation is 1. The molecule has 0 spiro atoms. The van der Waals surface area contributed by atoms with Gasteiger partial charge < -0.3 is 9.84 Å². The van der Waals surface area contributed by atoms with Crippen molar-refractivity contribution < 1.29 is 74.2 Å². The molecule has 0 atom stereocenters. The number of hydrogen-bond donors (Lipinski definition) is 1. The maximum absolute atomic E-state index is 11.5. The molecule has 0 saturated heterocycles. The van der Waals surface area contributed by atoms with Crippen molar-refractivity contribution in [1.82, 2.24) is 0 Å². The first kappa shape index (κ1) is 26.6. The van der Waals surface area contributed by atoms with Gasteiger partial charge in [0.1, 0.15) is 11.5 Å². The molecule has 0 radical (unpaired) electrons. The first-order valence-corrected chi connectivity index (χ1v) is 11.4. The minimum Gasteiger partial charge on any atom is -0.872 e. The van der Waals surface area contributed by atoms with E-state index in [0.29, 0.717) is 23.5 Å². The third kappa shape index (κ3) is 9.96. The zero-order valence-electron chi connectivity index (χ0n) is 17.4. The van der Waals surface area contributed by atoms with Gasteiger partial charge in [-0.15, -0.1) is 5.75 Å². The van der Waals surface area contributed by atoms with Crippen LogP contribution < -0.4 is 61.2 Å². The van der Waals surface area contributed by atoms with Crippen LogP contribution in [0.4, 0.5) is 0 Å². The van der Waals surface area contributed by atoms with Crippen molar-refractivity contribution in [2.24, 2.45) is 0 Å². The second kappa shape index (κ2) is 13.8.